The Labute approximate surface area is 165 Å². The van der Waals surface area contributed by atoms with E-state index in [1.54, 1.807) is 12.1 Å². The number of carbonyl (C=O) groups is 1. The second-order valence-electron chi connectivity index (χ2n) is 7.94. The number of aromatic hydroxyl groups is 1. The minimum absolute atomic E-state index is 0.0188. The van der Waals surface area contributed by atoms with E-state index in [0.29, 0.717) is 30.4 Å². The van der Waals surface area contributed by atoms with E-state index >= 15 is 0 Å². The van der Waals surface area contributed by atoms with Crippen molar-refractivity contribution in [2.75, 3.05) is 39.2 Å². The summed E-state index contributed by atoms with van der Waals surface area (Å²) in [6.45, 7) is 1.36. The van der Waals surface area contributed by atoms with Gasteiger partial charge in [0.05, 0.1) is 12.8 Å². The predicted molar refractivity (Wildman–Crippen MR) is 106 cm³/mol. The second-order valence-corrected chi connectivity index (χ2v) is 7.94. The molecule has 28 heavy (non-hydrogen) atoms. The van der Waals surface area contributed by atoms with Crippen LogP contribution in [0.5, 0.6) is 11.5 Å². The van der Waals surface area contributed by atoms with Gasteiger partial charge in [-0.25, -0.2) is 9.97 Å². The van der Waals surface area contributed by atoms with Crippen molar-refractivity contribution in [3.05, 3.63) is 41.2 Å². The number of ether oxygens (including phenoxy) is 1. The Balaban J connectivity index is 1.62. The second kappa shape index (κ2) is 6.96. The zero-order chi connectivity index (χ0) is 19.9. The van der Waals surface area contributed by atoms with Crippen molar-refractivity contribution < 1.29 is 14.6 Å². The largest absolute Gasteiger partial charge is 0.504 e. The lowest BCUT2D eigenvalue weighted by Crippen LogP contribution is -2.48. The van der Waals surface area contributed by atoms with Crippen molar-refractivity contribution in [1.82, 2.24) is 14.9 Å². The summed E-state index contributed by atoms with van der Waals surface area (Å²) >= 11 is 0. The van der Waals surface area contributed by atoms with Crippen LogP contribution < -0.4 is 9.64 Å². The van der Waals surface area contributed by atoms with E-state index in [1.807, 2.05) is 30.1 Å². The Kier molecular flexibility index (Phi) is 4.61. The molecule has 1 N–H and O–H groups in total. The fourth-order valence-corrected chi connectivity index (χ4v) is 4.46. The molecule has 148 valence electrons. The fourth-order valence-electron chi connectivity index (χ4n) is 4.46. The zero-order valence-corrected chi connectivity index (χ0v) is 16.6. The molecule has 1 amide bonds. The van der Waals surface area contributed by atoms with Gasteiger partial charge < -0.3 is 19.6 Å². The summed E-state index contributed by atoms with van der Waals surface area (Å²) in [7, 11) is 5.37. The highest BCUT2D eigenvalue weighted by atomic mass is 16.5. The first kappa shape index (κ1) is 18.5. The van der Waals surface area contributed by atoms with Crippen LogP contribution in [0, 0.1) is 0 Å². The zero-order valence-electron chi connectivity index (χ0n) is 16.6. The number of phenolic OH excluding ortho intramolecular Hbond substituents is 1. The lowest BCUT2D eigenvalue weighted by atomic mass is 9.77. The molecule has 1 aromatic carbocycles. The van der Waals surface area contributed by atoms with Gasteiger partial charge in [-0.2, -0.15) is 0 Å². The molecule has 4 rings (SSSR count). The topological polar surface area (TPSA) is 78.8 Å². The minimum atomic E-state index is -0.106. The molecular weight excluding hydrogens is 356 g/mol. The summed E-state index contributed by atoms with van der Waals surface area (Å²) in [6, 6.07) is 4.82. The number of carbonyl (C=O) groups excluding carboxylic acids is 1. The highest BCUT2D eigenvalue weighted by Gasteiger charge is 2.45. The first-order chi connectivity index (χ1) is 13.4. The van der Waals surface area contributed by atoms with Gasteiger partial charge in [-0.3, -0.25) is 4.79 Å². The molecule has 1 spiro atoms. The van der Waals surface area contributed by atoms with E-state index in [-0.39, 0.29) is 17.1 Å². The number of nitrogens with zero attached hydrogens (tertiary/aromatic N) is 4. The average molecular weight is 382 g/mol. The Morgan fingerprint density at radius 3 is 2.86 bits per heavy atom. The lowest BCUT2D eigenvalue weighted by molar-refractivity contribution is 0.0633. The smallest absolute Gasteiger partial charge is 0.254 e. The molecule has 1 atom stereocenters. The molecule has 0 radical (unpaired) electrons. The van der Waals surface area contributed by atoms with Gasteiger partial charge in [0.15, 0.2) is 11.5 Å². The van der Waals surface area contributed by atoms with Crippen LogP contribution >= 0.6 is 0 Å². The van der Waals surface area contributed by atoms with Gasteiger partial charge in [0.25, 0.3) is 5.91 Å². The van der Waals surface area contributed by atoms with E-state index in [0.717, 1.165) is 31.4 Å². The van der Waals surface area contributed by atoms with E-state index in [2.05, 4.69) is 4.98 Å². The number of hydrogen-bond acceptors (Lipinski definition) is 6. The fraction of sp³-hybridized carbons (Fsp3) is 0.476. The molecule has 1 aliphatic carbocycles. The summed E-state index contributed by atoms with van der Waals surface area (Å²) in [6.07, 6.45) is 5.85. The van der Waals surface area contributed by atoms with Gasteiger partial charge in [-0.15, -0.1) is 0 Å². The number of aryl methyl sites for hydroxylation is 1. The molecule has 2 heterocycles. The van der Waals surface area contributed by atoms with Crippen molar-refractivity contribution in [2.24, 2.45) is 0 Å². The molecule has 0 bridgehead atoms. The van der Waals surface area contributed by atoms with E-state index in [4.69, 9.17) is 9.72 Å². The predicted octanol–water partition coefficient (Wildman–Crippen LogP) is 2.38. The molecule has 1 fully saturated rings. The van der Waals surface area contributed by atoms with Gasteiger partial charge in [-0.1, -0.05) is 0 Å². The van der Waals surface area contributed by atoms with Gasteiger partial charge in [0.1, 0.15) is 0 Å². The molecule has 1 aliphatic heterocycles. The number of amides is 1. The number of hydrogen-bond donors (Lipinski definition) is 1. The number of fused-ring (bicyclic) bond motifs is 2. The van der Waals surface area contributed by atoms with Gasteiger partial charge in [0.2, 0.25) is 5.95 Å². The van der Waals surface area contributed by atoms with E-state index in [1.165, 1.54) is 18.7 Å². The quantitative estimate of drug-likeness (QED) is 0.878. The third-order valence-corrected chi connectivity index (χ3v) is 5.92. The summed E-state index contributed by atoms with van der Waals surface area (Å²) in [4.78, 5) is 26.2. The van der Waals surface area contributed by atoms with Crippen LogP contribution in [0.3, 0.4) is 0 Å². The van der Waals surface area contributed by atoms with Crippen LogP contribution in [0.25, 0.3) is 0 Å². The molecule has 7 nitrogen and oxygen atoms in total. The molecule has 1 aromatic heterocycles. The number of anilines is 1. The maximum absolute atomic E-state index is 13.1. The van der Waals surface area contributed by atoms with Crippen molar-refractivity contribution >= 4 is 11.9 Å². The van der Waals surface area contributed by atoms with Gasteiger partial charge >= 0.3 is 0 Å². The van der Waals surface area contributed by atoms with E-state index < -0.39 is 0 Å². The Bertz CT molecular complexity index is 911. The molecule has 7 heteroatoms. The van der Waals surface area contributed by atoms with Crippen molar-refractivity contribution in [1.29, 1.82) is 0 Å². The first-order valence-corrected chi connectivity index (χ1v) is 9.63. The van der Waals surface area contributed by atoms with Crippen molar-refractivity contribution in [2.45, 2.75) is 31.1 Å². The van der Waals surface area contributed by atoms with Crippen LogP contribution in [0.4, 0.5) is 5.95 Å². The number of rotatable bonds is 3. The third kappa shape index (κ3) is 3.04. The monoisotopic (exact) mass is 382 g/mol. The normalized spacial score (nSPS) is 20.9. The number of phenols is 1. The number of piperidine rings is 1. The Morgan fingerprint density at radius 2 is 2.14 bits per heavy atom. The number of benzene rings is 1. The Morgan fingerprint density at radius 1 is 1.32 bits per heavy atom. The lowest BCUT2D eigenvalue weighted by Gasteiger charge is -2.40. The minimum Gasteiger partial charge on any atom is -0.504 e. The number of likely N-dealkylation sites (tertiary alicyclic amines) is 1. The van der Waals surface area contributed by atoms with Crippen LogP contribution in [0.15, 0.2) is 24.4 Å². The highest BCUT2D eigenvalue weighted by molar-refractivity contribution is 5.95. The molecule has 1 saturated heterocycles. The third-order valence-electron chi connectivity index (χ3n) is 5.92. The van der Waals surface area contributed by atoms with Crippen molar-refractivity contribution in [3.63, 3.8) is 0 Å². The Hall–Kier alpha value is -2.83. The summed E-state index contributed by atoms with van der Waals surface area (Å²) < 4.78 is 5.08. The van der Waals surface area contributed by atoms with Crippen LogP contribution in [0.2, 0.25) is 0 Å². The van der Waals surface area contributed by atoms with Gasteiger partial charge in [0, 0.05) is 44.4 Å². The molecular formula is C21H26N4O3. The number of aromatic nitrogens is 2. The molecule has 2 aromatic rings. The molecule has 1 unspecified atom stereocenters. The maximum Gasteiger partial charge on any atom is 0.254 e. The average Bonchev–Trinajstić information content (AvgIpc) is 3.04. The SMILES string of the molecule is COc1ccc(C(=O)N2CCCC3(CCc4cnc(N(C)C)nc43)C2)cc1O. The molecule has 2 aliphatic rings. The number of methoxy groups -OCH3 is 1. The first-order valence-electron chi connectivity index (χ1n) is 9.63. The van der Waals surface area contributed by atoms with Gasteiger partial charge in [-0.05, 0) is 49.4 Å². The van der Waals surface area contributed by atoms with Crippen LogP contribution in [0.1, 0.15) is 40.9 Å². The maximum atomic E-state index is 13.1. The summed E-state index contributed by atoms with van der Waals surface area (Å²) in [5, 5.41) is 10.0. The highest BCUT2D eigenvalue weighted by Crippen LogP contribution is 2.44. The van der Waals surface area contributed by atoms with Crippen molar-refractivity contribution in [3.8, 4) is 11.5 Å². The van der Waals surface area contributed by atoms with Crippen LogP contribution in [-0.4, -0.2) is 60.2 Å². The summed E-state index contributed by atoms with van der Waals surface area (Å²) in [5.41, 5.74) is 2.67. The van der Waals surface area contributed by atoms with Crippen LogP contribution in [-0.2, 0) is 11.8 Å². The summed E-state index contributed by atoms with van der Waals surface area (Å²) in [5.74, 6) is 0.995. The van der Waals surface area contributed by atoms with E-state index in [9.17, 15) is 9.90 Å². The molecule has 0 saturated carbocycles. The standard InChI is InChI=1S/C21H26N4O3/c1-24(2)20-22-12-15-7-9-21(18(15)23-20)8-4-10-25(13-21)19(27)14-5-6-17(28-3)16(26)11-14/h5-6,11-12,26H,4,7-10,13H2,1-3H3.